The molecule has 0 saturated heterocycles. The SMILES string of the molecule is c1ccc2c(c1)[nH]c1ccccc12.c1ccc2c(c1)oc1ccccc12.c1cnc2c(c1)ccc1cccnc12. The lowest BCUT2D eigenvalue weighted by Crippen LogP contribution is -1.83. The van der Waals surface area contributed by atoms with Crippen LogP contribution >= 0.6 is 0 Å². The number of hydrogen-bond acceptors (Lipinski definition) is 3. The van der Waals surface area contributed by atoms with Crippen LogP contribution in [-0.4, -0.2) is 15.0 Å². The van der Waals surface area contributed by atoms with E-state index in [0.717, 1.165) is 33.0 Å². The van der Waals surface area contributed by atoms with Crippen LogP contribution in [0.1, 0.15) is 0 Å². The molecule has 9 aromatic rings. The third kappa shape index (κ3) is 4.42. The van der Waals surface area contributed by atoms with Crippen LogP contribution in [-0.2, 0) is 0 Å². The molecule has 0 bridgehead atoms. The second kappa shape index (κ2) is 10.4. The van der Waals surface area contributed by atoms with Gasteiger partial charge in [0.1, 0.15) is 11.2 Å². The molecule has 40 heavy (non-hydrogen) atoms. The first-order valence-electron chi connectivity index (χ1n) is 13.3. The van der Waals surface area contributed by atoms with E-state index in [1.165, 1.54) is 32.6 Å². The molecule has 5 aromatic carbocycles. The maximum atomic E-state index is 5.65. The van der Waals surface area contributed by atoms with Crippen molar-refractivity contribution in [3.63, 3.8) is 0 Å². The van der Waals surface area contributed by atoms with Gasteiger partial charge in [0, 0.05) is 55.7 Å². The zero-order valence-electron chi connectivity index (χ0n) is 21.7. The van der Waals surface area contributed by atoms with Crippen molar-refractivity contribution in [1.29, 1.82) is 0 Å². The van der Waals surface area contributed by atoms with Gasteiger partial charge in [0.25, 0.3) is 0 Å². The minimum atomic E-state index is 0.962. The molecule has 1 N–H and O–H groups in total. The number of H-pyrrole nitrogens is 1. The molecule has 4 nitrogen and oxygen atoms in total. The first-order valence-corrected chi connectivity index (χ1v) is 13.3. The molecule has 4 heteroatoms. The second-order valence-electron chi connectivity index (χ2n) is 9.53. The van der Waals surface area contributed by atoms with Gasteiger partial charge in [-0.15, -0.1) is 0 Å². The van der Waals surface area contributed by atoms with E-state index in [4.69, 9.17) is 4.42 Å². The number of hydrogen-bond donors (Lipinski definition) is 1. The summed E-state index contributed by atoms with van der Waals surface area (Å²) in [5.74, 6) is 0. The molecule has 0 saturated carbocycles. The molecule has 0 atom stereocenters. The summed E-state index contributed by atoms with van der Waals surface area (Å²) >= 11 is 0. The standard InChI is InChI=1S/C12H8N2.C12H9N.C12H8O/c1-3-9-5-6-10-4-2-8-14-12(10)11(9)13-7-1;2*1-3-7-11-9(5-1)10-6-2-4-8-12(10)13-11/h1-8H;1-8,13H;1-8H. The number of rotatable bonds is 0. The van der Waals surface area contributed by atoms with Gasteiger partial charge in [-0.3, -0.25) is 9.97 Å². The molecule has 0 fully saturated rings. The summed E-state index contributed by atoms with van der Waals surface area (Å²) in [6, 6.07) is 45.1. The predicted octanol–water partition coefficient (Wildman–Crippen LogP) is 9.69. The number of aromatic nitrogens is 3. The number of furan rings is 1. The van der Waals surface area contributed by atoms with E-state index < -0.39 is 0 Å². The zero-order valence-corrected chi connectivity index (χ0v) is 21.7. The largest absolute Gasteiger partial charge is 0.456 e. The van der Waals surface area contributed by atoms with E-state index in [0.29, 0.717) is 0 Å². The van der Waals surface area contributed by atoms with Gasteiger partial charge in [0.05, 0.1) is 11.0 Å². The monoisotopic (exact) mass is 515 g/mol. The van der Waals surface area contributed by atoms with Crippen molar-refractivity contribution in [3.05, 3.63) is 146 Å². The van der Waals surface area contributed by atoms with Crippen LogP contribution in [0, 0.1) is 0 Å². The Hall–Kier alpha value is -5.48. The molecule has 0 aliphatic heterocycles. The molecule has 0 aliphatic carbocycles. The highest BCUT2D eigenvalue weighted by molar-refractivity contribution is 6.07. The van der Waals surface area contributed by atoms with Gasteiger partial charge in [-0.2, -0.15) is 0 Å². The minimum Gasteiger partial charge on any atom is -0.456 e. The van der Waals surface area contributed by atoms with E-state index in [2.05, 4.69) is 99.9 Å². The fourth-order valence-electron chi connectivity index (χ4n) is 5.15. The van der Waals surface area contributed by atoms with E-state index in [-0.39, 0.29) is 0 Å². The molecular weight excluding hydrogens is 490 g/mol. The molecule has 0 unspecified atom stereocenters. The van der Waals surface area contributed by atoms with Gasteiger partial charge in [-0.05, 0) is 36.4 Å². The van der Waals surface area contributed by atoms with Gasteiger partial charge >= 0.3 is 0 Å². The highest BCUT2D eigenvalue weighted by Crippen LogP contribution is 2.28. The van der Waals surface area contributed by atoms with Gasteiger partial charge in [-0.1, -0.05) is 97.1 Å². The summed E-state index contributed by atoms with van der Waals surface area (Å²) in [4.78, 5) is 12.1. The van der Waals surface area contributed by atoms with Gasteiger partial charge in [-0.25, -0.2) is 0 Å². The maximum absolute atomic E-state index is 5.65. The number of benzene rings is 5. The van der Waals surface area contributed by atoms with Crippen LogP contribution in [0.4, 0.5) is 0 Å². The molecular formula is C36H25N3O. The third-order valence-electron chi connectivity index (χ3n) is 7.04. The number of fused-ring (bicyclic) bond motifs is 9. The van der Waals surface area contributed by atoms with E-state index >= 15 is 0 Å². The lowest BCUT2D eigenvalue weighted by molar-refractivity contribution is 0.669. The van der Waals surface area contributed by atoms with Crippen LogP contribution < -0.4 is 0 Å². The van der Waals surface area contributed by atoms with Crippen molar-refractivity contribution in [2.75, 3.05) is 0 Å². The summed E-state index contributed by atoms with van der Waals surface area (Å²) < 4.78 is 5.65. The Kier molecular flexibility index (Phi) is 6.11. The normalized spacial score (nSPS) is 11.0. The van der Waals surface area contributed by atoms with E-state index in [1.54, 1.807) is 12.4 Å². The molecule has 0 radical (unpaired) electrons. The van der Waals surface area contributed by atoms with Crippen molar-refractivity contribution in [3.8, 4) is 0 Å². The fourth-order valence-corrected chi connectivity index (χ4v) is 5.15. The Morgan fingerprint density at radius 3 is 1.32 bits per heavy atom. The molecule has 0 spiro atoms. The Morgan fingerprint density at radius 1 is 0.400 bits per heavy atom. The van der Waals surface area contributed by atoms with E-state index in [1.807, 2.05) is 48.5 Å². The summed E-state index contributed by atoms with van der Waals surface area (Å²) in [5.41, 5.74) is 6.30. The maximum Gasteiger partial charge on any atom is 0.135 e. The molecule has 4 aromatic heterocycles. The molecule has 4 heterocycles. The lowest BCUT2D eigenvalue weighted by Gasteiger charge is -2.00. The smallest absolute Gasteiger partial charge is 0.135 e. The summed E-state index contributed by atoms with van der Waals surface area (Å²) in [7, 11) is 0. The first-order chi connectivity index (χ1) is 19.8. The summed E-state index contributed by atoms with van der Waals surface area (Å²) in [6.45, 7) is 0. The number of nitrogens with zero attached hydrogens (tertiary/aromatic N) is 2. The fraction of sp³-hybridized carbons (Fsp3) is 0. The summed E-state index contributed by atoms with van der Waals surface area (Å²) in [5, 5.41) is 7.27. The molecule has 0 aliphatic rings. The van der Waals surface area contributed by atoms with Gasteiger partial charge < -0.3 is 9.40 Å². The van der Waals surface area contributed by atoms with Crippen LogP contribution in [0.15, 0.2) is 150 Å². The average Bonchev–Trinajstić information content (AvgIpc) is 3.60. The number of nitrogens with one attached hydrogen (secondary N) is 1. The van der Waals surface area contributed by atoms with Gasteiger partial charge in [0.2, 0.25) is 0 Å². The third-order valence-corrected chi connectivity index (χ3v) is 7.04. The molecule has 190 valence electrons. The average molecular weight is 516 g/mol. The van der Waals surface area contributed by atoms with Crippen LogP contribution in [0.2, 0.25) is 0 Å². The highest BCUT2D eigenvalue weighted by Gasteiger charge is 2.03. The molecule has 9 rings (SSSR count). The number of aromatic amines is 1. The number of para-hydroxylation sites is 4. The van der Waals surface area contributed by atoms with Crippen molar-refractivity contribution in [2.24, 2.45) is 0 Å². The van der Waals surface area contributed by atoms with Crippen LogP contribution in [0.25, 0.3) is 65.6 Å². The van der Waals surface area contributed by atoms with Crippen molar-refractivity contribution < 1.29 is 4.42 Å². The van der Waals surface area contributed by atoms with Crippen molar-refractivity contribution in [1.82, 2.24) is 15.0 Å². The topological polar surface area (TPSA) is 54.7 Å². The van der Waals surface area contributed by atoms with Crippen LogP contribution in [0.3, 0.4) is 0 Å². The lowest BCUT2D eigenvalue weighted by atomic mass is 10.1. The van der Waals surface area contributed by atoms with Gasteiger partial charge in [0.15, 0.2) is 0 Å². The van der Waals surface area contributed by atoms with E-state index in [9.17, 15) is 0 Å². The first kappa shape index (κ1) is 23.6. The van der Waals surface area contributed by atoms with Crippen molar-refractivity contribution >= 4 is 65.6 Å². The minimum absolute atomic E-state index is 0.962. The quantitative estimate of drug-likeness (QED) is 0.205. The number of pyridine rings is 2. The molecule has 0 amide bonds. The zero-order chi connectivity index (χ0) is 26.7. The van der Waals surface area contributed by atoms with Crippen molar-refractivity contribution in [2.45, 2.75) is 0 Å². The van der Waals surface area contributed by atoms with Crippen LogP contribution in [0.5, 0.6) is 0 Å². The summed E-state index contributed by atoms with van der Waals surface area (Å²) in [6.07, 6.45) is 3.60. The predicted molar refractivity (Wildman–Crippen MR) is 167 cm³/mol. The Morgan fingerprint density at radius 2 is 0.825 bits per heavy atom. The highest BCUT2D eigenvalue weighted by atomic mass is 16.3. The Balaban J connectivity index is 0.0000000993. The Bertz CT molecular complexity index is 1980. The second-order valence-corrected chi connectivity index (χ2v) is 9.53. The Labute approximate surface area is 230 Å².